The Morgan fingerprint density at radius 1 is 1.21 bits per heavy atom. The van der Waals surface area contributed by atoms with Crippen LogP contribution in [0, 0.1) is 0 Å². The zero-order valence-electron chi connectivity index (χ0n) is 8.52. The fourth-order valence-electron chi connectivity index (χ4n) is 1.57. The van der Waals surface area contributed by atoms with Gasteiger partial charge in [-0.25, -0.2) is 0 Å². The van der Waals surface area contributed by atoms with Crippen LogP contribution in [0.4, 0.5) is 0 Å². The first-order valence-corrected chi connectivity index (χ1v) is 6.38. The normalized spacial score (nSPS) is 21.3. The van der Waals surface area contributed by atoms with Gasteiger partial charge in [-0.2, -0.15) is 12.7 Å². The van der Waals surface area contributed by atoms with Gasteiger partial charge in [-0.05, 0) is 13.0 Å². The molecule has 1 fully saturated rings. The molecule has 1 aliphatic rings. The zero-order valence-corrected chi connectivity index (χ0v) is 9.33. The molecule has 0 amide bonds. The molecule has 0 radical (unpaired) electrons. The van der Waals surface area contributed by atoms with E-state index < -0.39 is 10.3 Å². The molecule has 84 valence electrons. The van der Waals surface area contributed by atoms with Gasteiger partial charge in [-0.3, -0.25) is 4.55 Å². The van der Waals surface area contributed by atoms with Crippen LogP contribution in [-0.2, 0) is 10.3 Å². The van der Waals surface area contributed by atoms with Crippen LogP contribution in [-0.4, -0.2) is 54.9 Å². The number of nitrogens with zero attached hydrogens (tertiary/aromatic N) is 2. The third-order valence-electron chi connectivity index (χ3n) is 2.49. The van der Waals surface area contributed by atoms with Crippen molar-refractivity contribution in [3.8, 4) is 0 Å². The topological polar surface area (TPSA) is 60.9 Å². The van der Waals surface area contributed by atoms with Crippen LogP contribution in [0.5, 0.6) is 0 Å². The smallest absolute Gasteiger partial charge is 0.301 e. The van der Waals surface area contributed by atoms with Gasteiger partial charge in [0.2, 0.25) is 0 Å². The number of rotatable bonds is 4. The van der Waals surface area contributed by atoms with E-state index in [-0.39, 0.29) is 0 Å². The maximum Gasteiger partial charge on any atom is 0.335 e. The molecule has 1 heterocycles. The van der Waals surface area contributed by atoms with E-state index in [2.05, 4.69) is 11.8 Å². The lowest BCUT2D eigenvalue weighted by atomic mass is 10.3. The molecule has 0 aliphatic carbocycles. The number of piperazine rings is 1. The minimum Gasteiger partial charge on any atom is -0.301 e. The van der Waals surface area contributed by atoms with Crippen molar-refractivity contribution in [2.45, 2.75) is 19.8 Å². The Morgan fingerprint density at radius 2 is 1.79 bits per heavy atom. The molecule has 1 N–H and O–H groups in total. The predicted octanol–water partition coefficient (Wildman–Crippen LogP) is 0.207. The highest BCUT2D eigenvalue weighted by Crippen LogP contribution is 2.06. The molecule has 0 aromatic carbocycles. The molecule has 6 heteroatoms. The van der Waals surface area contributed by atoms with Crippen molar-refractivity contribution in [3.05, 3.63) is 0 Å². The average molecular weight is 222 g/mol. The van der Waals surface area contributed by atoms with Gasteiger partial charge in [0, 0.05) is 26.2 Å². The van der Waals surface area contributed by atoms with E-state index in [4.69, 9.17) is 4.55 Å². The third-order valence-corrected chi connectivity index (χ3v) is 3.50. The maximum atomic E-state index is 10.8. The second kappa shape index (κ2) is 5.06. The first-order chi connectivity index (χ1) is 6.54. The van der Waals surface area contributed by atoms with Gasteiger partial charge in [-0.1, -0.05) is 13.3 Å². The largest absolute Gasteiger partial charge is 0.335 e. The summed E-state index contributed by atoms with van der Waals surface area (Å²) in [5, 5.41) is 0. The average Bonchev–Trinajstić information content (AvgIpc) is 2.14. The summed E-state index contributed by atoms with van der Waals surface area (Å²) in [5.41, 5.74) is 0. The molecular weight excluding hydrogens is 204 g/mol. The molecular formula is C8H18N2O3S. The lowest BCUT2D eigenvalue weighted by Crippen LogP contribution is -2.48. The Balaban J connectivity index is 2.31. The van der Waals surface area contributed by atoms with Crippen molar-refractivity contribution in [2.75, 3.05) is 32.7 Å². The minimum atomic E-state index is -3.96. The molecule has 0 aromatic heterocycles. The molecule has 1 aliphatic heterocycles. The highest BCUT2D eigenvalue weighted by atomic mass is 32.2. The van der Waals surface area contributed by atoms with E-state index in [1.165, 1.54) is 0 Å². The lowest BCUT2D eigenvalue weighted by molar-refractivity contribution is 0.178. The number of hydrogen-bond acceptors (Lipinski definition) is 3. The van der Waals surface area contributed by atoms with Crippen molar-refractivity contribution < 1.29 is 13.0 Å². The molecule has 0 bridgehead atoms. The Bertz CT molecular complexity index is 258. The summed E-state index contributed by atoms with van der Waals surface area (Å²) in [7, 11) is -3.96. The van der Waals surface area contributed by atoms with Gasteiger partial charge in [0.05, 0.1) is 0 Å². The molecule has 1 rings (SSSR count). The van der Waals surface area contributed by atoms with Crippen LogP contribution < -0.4 is 0 Å². The summed E-state index contributed by atoms with van der Waals surface area (Å²) in [6, 6.07) is 0. The van der Waals surface area contributed by atoms with Crippen LogP contribution in [0.3, 0.4) is 0 Å². The SMILES string of the molecule is CCCCN1CCN(S(=O)(=O)O)CC1. The minimum absolute atomic E-state index is 0.405. The van der Waals surface area contributed by atoms with Crippen molar-refractivity contribution in [1.82, 2.24) is 9.21 Å². The highest BCUT2D eigenvalue weighted by Gasteiger charge is 2.24. The van der Waals surface area contributed by atoms with Crippen molar-refractivity contribution in [2.24, 2.45) is 0 Å². The second-order valence-corrected chi connectivity index (χ2v) is 4.98. The Labute approximate surface area is 85.6 Å². The van der Waals surface area contributed by atoms with Crippen molar-refractivity contribution in [3.63, 3.8) is 0 Å². The summed E-state index contributed by atoms with van der Waals surface area (Å²) < 4.78 is 31.4. The van der Waals surface area contributed by atoms with Crippen LogP contribution >= 0.6 is 0 Å². The van der Waals surface area contributed by atoms with Gasteiger partial charge in [-0.15, -0.1) is 0 Å². The van der Waals surface area contributed by atoms with E-state index >= 15 is 0 Å². The first kappa shape index (κ1) is 11.9. The van der Waals surface area contributed by atoms with E-state index in [0.29, 0.717) is 13.1 Å². The fraction of sp³-hybridized carbons (Fsp3) is 1.00. The number of hydrogen-bond donors (Lipinski definition) is 1. The Kier molecular flexibility index (Phi) is 4.31. The summed E-state index contributed by atoms with van der Waals surface area (Å²) in [5.74, 6) is 0. The molecule has 0 spiro atoms. The van der Waals surface area contributed by atoms with Gasteiger partial charge < -0.3 is 4.90 Å². The van der Waals surface area contributed by atoms with Gasteiger partial charge >= 0.3 is 10.3 Å². The first-order valence-electron chi connectivity index (χ1n) is 4.99. The highest BCUT2D eigenvalue weighted by molar-refractivity contribution is 7.83. The summed E-state index contributed by atoms with van der Waals surface area (Å²) >= 11 is 0. The standard InChI is InChI=1S/C8H18N2O3S/c1-2-3-4-9-5-7-10(8-6-9)14(11,12)13/h2-8H2,1H3,(H,11,12,13). The summed E-state index contributed by atoms with van der Waals surface area (Å²) in [4.78, 5) is 2.23. The van der Waals surface area contributed by atoms with E-state index in [0.717, 1.165) is 36.8 Å². The van der Waals surface area contributed by atoms with E-state index in [1.807, 2.05) is 0 Å². The van der Waals surface area contributed by atoms with Crippen LogP contribution in [0.1, 0.15) is 19.8 Å². The van der Waals surface area contributed by atoms with E-state index in [9.17, 15) is 8.42 Å². The molecule has 0 saturated carbocycles. The van der Waals surface area contributed by atoms with Crippen molar-refractivity contribution >= 4 is 10.3 Å². The van der Waals surface area contributed by atoms with E-state index in [1.54, 1.807) is 0 Å². The summed E-state index contributed by atoms with van der Waals surface area (Å²) in [6.45, 7) is 5.41. The van der Waals surface area contributed by atoms with Gasteiger partial charge in [0.1, 0.15) is 0 Å². The summed E-state index contributed by atoms with van der Waals surface area (Å²) in [6.07, 6.45) is 2.30. The third kappa shape index (κ3) is 3.53. The van der Waals surface area contributed by atoms with Crippen LogP contribution in [0.2, 0.25) is 0 Å². The van der Waals surface area contributed by atoms with Crippen LogP contribution in [0.25, 0.3) is 0 Å². The molecule has 1 saturated heterocycles. The molecule has 0 unspecified atom stereocenters. The molecule has 14 heavy (non-hydrogen) atoms. The van der Waals surface area contributed by atoms with Gasteiger partial charge in [0.25, 0.3) is 0 Å². The lowest BCUT2D eigenvalue weighted by Gasteiger charge is -2.32. The molecule has 0 atom stereocenters. The van der Waals surface area contributed by atoms with Crippen molar-refractivity contribution in [1.29, 1.82) is 0 Å². The Morgan fingerprint density at radius 3 is 2.21 bits per heavy atom. The molecule has 0 aromatic rings. The quantitative estimate of drug-likeness (QED) is 0.691. The zero-order chi connectivity index (χ0) is 10.6. The Hall–Kier alpha value is -0.170. The fourth-order valence-corrected chi connectivity index (χ4v) is 2.19. The molecule has 5 nitrogen and oxygen atoms in total. The maximum absolute atomic E-state index is 10.8. The monoisotopic (exact) mass is 222 g/mol. The number of unbranched alkanes of at least 4 members (excludes halogenated alkanes) is 1. The van der Waals surface area contributed by atoms with Gasteiger partial charge in [0.15, 0.2) is 0 Å². The van der Waals surface area contributed by atoms with Crippen LogP contribution in [0.15, 0.2) is 0 Å². The predicted molar refractivity (Wildman–Crippen MR) is 54.5 cm³/mol. The second-order valence-electron chi connectivity index (χ2n) is 3.57.